The lowest BCUT2D eigenvalue weighted by molar-refractivity contribution is -0.143. The van der Waals surface area contributed by atoms with Gasteiger partial charge in [-0.1, -0.05) is 13.8 Å². The van der Waals surface area contributed by atoms with Crippen molar-refractivity contribution in [3.8, 4) is 0 Å². The molecule has 3 unspecified atom stereocenters. The molecule has 0 spiro atoms. The number of rotatable bonds is 7. The molecule has 0 bridgehead atoms. The van der Waals surface area contributed by atoms with E-state index in [4.69, 9.17) is 9.84 Å². The molecule has 100 valence electrons. The highest BCUT2D eigenvalue weighted by Gasteiger charge is 2.29. The van der Waals surface area contributed by atoms with Gasteiger partial charge in [0, 0.05) is 10.8 Å². The van der Waals surface area contributed by atoms with Gasteiger partial charge in [0.05, 0.1) is 6.61 Å². The van der Waals surface area contributed by atoms with Gasteiger partial charge in [0.25, 0.3) is 0 Å². The minimum atomic E-state index is -1.76. The number of hydrogen-bond acceptors (Lipinski definition) is 4. The summed E-state index contributed by atoms with van der Waals surface area (Å²) in [7, 11) is -1.76. The molecular formula is C11H20O5S. The highest BCUT2D eigenvalue weighted by Crippen LogP contribution is 2.07. The van der Waals surface area contributed by atoms with E-state index in [2.05, 4.69) is 0 Å². The van der Waals surface area contributed by atoms with Crippen LogP contribution in [0, 0.1) is 5.92 Å². The van der Waals surface area contributed by atoms with Crippen molar-refractivity contribution in [2.24, 2.45) is 5.92 Å². The third-order valence-corrected chi connectivity index (χ3v) is 4.10. The lowest BCUT2D eigenvalue weighted by Crippen LogP contribution is -2.34. The van der Waals surface area contributed by atoms with E-state index in [1.54, 1.807) is 0 Å². The van der Waals surface area contributed by atoms with Crippen molar-refractivity contribution in [2.45, 2.75) is 44.6 Å². The molecule has 0 aliphatic carbocycles. The molecule has 0 amide bonds. The van der Waals surface area contributed by atoms with Gasteiger partial charge in [0.2, 0.25) is 0 Å². The van der Waals surface area contributed by atoms with E-state index in [-0.39, 0.29) is 6.61 Å². The lowest BCUT2D eigenvalue weighted by atomic mass is 10.1. The van der Waals surface area contributed by atoms with Crippen LogP contribution in [0.3, 0.4) is 0 Å². The van der Waals surface area contributed by atoms with Crippen LogP contribution in [0.25, 0.3) is 0 Å². The van der Waals surface area contributed by atoms with Gasteiger partial charge in [-0.3, -0.25) is 13.8 Å². The van der Waals surface area contributed by atoms with Gasteiger partial charge in [-0.05, 0) is 26.2 Å². The summed E-state index contributed by atoms with van der Waals surface area (Å²) < 4.78 is 16.6. The Kier molecular flexibility index (Phi) is 7.03. The van der Waals surface area contributed by atoms with Crippen LogP contribution in [0.2, 0.25) is 0 Å². The number of carbonyl (C=O) groups is 2. The Balaban J connectivity index is 4.21. The van der Waals surface area contributed by atoms with Crippen molar-refractivity contribution >= 4 is 22.7 Å². The SMILES string of the molecule is CC(C)CCOC(=O)C(C)S(=O)C(C)C(=O)O. The maximum absolute atomic E-state index is 11.7. The zero-order chi connectivity index (χ0) is 13.6. The first-order valence-corrected chi connectivity index (χ1v) is 6.83. The molecule has 0 heterocycles. The molecule has 0 aliphatic heterocycles. The molecule has 0 aliphatic rings. The number of ether oxygens (including phenoxy) is 1. The molecule has 0 aromatic heterocycles. The monoisotopic (exact) mass is 264 g/mol. The Labute approximate surface area is 104 Å². The molecule has 0 saturated heterocycles. The minimum Gasteiger partial charge on any atom is -0.480 e. The summed E-state index contributed by atoms with van der Waals surface area (Å²) >= 11 is 0. The predicted molar refractivity (Wildman–Crippen MR) is 65.1 cm³/mol. The van der Waals surface area contributed by atoms with Crippen LogP contribution in [0.15, 0.2) is 0 Å². The average molecular weight is 264 g/mol. The smallest absolute Gasteiger partial charge is 0.321 e. The second-order valence-corrected chi connectivity index (χ2v) is 6.37. The lowest BCUT2D eigenvalue weighted by Gasteiger charge is -2.14. The Bertz CT molecular complexity index is 300. The van der Waals surface area contributed by atoms with E-state index < -0.39 is 33.2 Å². The topological polar surface area (TPSA) is 80.7 Å². The maximum Gasteiger partial charge on any atom is 0.321 e. The molecule has 0 radical (unpaired) electrons. The zero-order valence-electron chi connectivity index (χ0n) is 10.6. The fourth-order valence-corrected chi connectivity index (χ4v) is 2.08. The van der Waals surface area contributed by atoms with Crippen molar-refractivity contribution in [1.29, 1.82) is 0 Å². The zero-order valence-corrected chi connectivity index (χ0v) is 11.5. The molecule has 0 aromatic carbocycles. The van der Waals surface area contributed by atoms with Crippen LogP contribution in [-0.2, 0) is 25.1 Å². The molecule has 1 N–H and O–H groups in total. The van der Waals surface area contributed by atoms with Crippen LogP contribution < -0.4 is 0 Å². The Morgan fingerprint density at radius 2 is 1.71 bits per heavy atom. The maximum atomic E-state index is 11.7. The summed E-state index contributed by atoms with van der Waals surface area (Å²) in [4.78, 5) is 22.1. The summed E-state index contributed by atoms with van der Waals surface area (Å²) in [6.45, 7) is 7.02. The summed E-state index contributed by atoms with van der Waals surface area (Å²) in [6, 6.07) is 0. The Morgan fingerprint density at radius 1 is 1.18 bits per heavy atom. The van der Waals surface area contributed by atoms with Crippen LogP contribution in [-0.4, -0.2) is 38.4 Å². The second kappa shape index (κ2) is 7.42. The minimum absolute atomic E-state index is 0.277. The molecule has 5 nitrogen and oxygen atoms in total. The van der Waals surface area contributed by atoms with Crippen LogP contribution in [0.1, 0.15) is 34.1 Å². The molecule has 0 fully saturated rings. The van der Waals surface area contributed by atoms with Gasteiger partial charge in [-0.2, -0.15) is 0 Å². The van der Waals surface area contributed by atoms with Crippen molar-refractivity contribution in [1.82, 2.24) is 0 Å². The number of carboxylic acids is 1. The van der Waals surface area contributed by atoms with Crippen molar-refractivity contribution in [3.05, 3.63) is 0 Å². The van der Waals surface area contributed by atoms with E-state index >= 15 is 0 Å². The van der Waals surface area contributed by atoms with Gasteiger partial charge in [-0.25, -0.2) is 0 Å². The summed E-state index contributed by atoms with van der Waals surface area (Å²) in [5.41, 5.74) is 0. The first kappa shape index (κ1) is 16.1. The van der Waals surface area contributed by atoms with Gasteiger partial charge in [-0.15, -0.1) is 0 Å². The van der Waals surface area contributed by atoms with E-state index in [1.165, 1.54) is 13.8 Å². The summed E-state index contributed by atoms with van der Waals surface area (Å²) in [6.07, 6.45) is 0.736. The molecule has 3 atom stereocenters. The third-order valence-electron chi connectivity index (χ3n) is 2.32. The number of carboxylic acid groups (broad SMARTS) is 1. The molecule has 6 heteroatoms. The summed E-state index contributed by atoms with van der Waals surface area (Å²) in [5, 5.41) is 6.71. The molecular weight excluding hydrogens is 244 g/mol. The normalized spacial score (nSPS) is 16.3. The second-order valence-electron chi connectivity index (χ2n) is 4.30. The van der Waals surface area contributed by atoms with Gasteiger partial charge in [0.15, 0.2) is 0 Å². The van der Waals surface area contributed by atoms with E-state index in [9.17, 15) is 13.8 Å². The fraction of sp³-hybridized carbons (Fsp3) is 0.818. The number of esters is 1. The molecule has 17 heavy (non-hydrogen) atoms. The first-order chi connectivity index (χ1) is 7.77. The molecule has 0 aromatic rings. The first-order valence-electron chi connectivity index (χ1n) is 5.56. The number of hydrogen-bond donors (Lipinski definition) is 1. The number of carbonyl (C=O) groups excluding carboxylic acids is 1. The van der Waals surface area contributed by atoms with Crippen molar-refractivity contribution in [2.75, 3.05) is 6.61 Å². The van der Waals surface area contributed by atoms with Gasteiger partial charge >= 0.3 is 11.9 Å². The van der Waals surface area contributed by atoms with Crippen LogP contribution in [0.4, 0.5) is 0 Å². The quantitative estimate of drug-likeness (QED) is 0.698. The van der Waals surface area contributed by atoms with E-state index in [0.29, 0.717) is 5.92 Å². The Hall–Kier alpha value is -0.910. The summed E-state index contributed by atoms with van der Waals surface area (Å²) in [5.74, 6) is -1.36. The standard InChI is InChI=1S/C11H20O5S/c1-7(2)5-6-16-11(14)9(4)17(15)8(3)10(12)13/h7-9H,5-6H2,1-4H3,(H,12,13). The highest BCUT2D eigenvalue weighted by atomic mass is 32.2. The van der Waals surface area contributed by atoms with Gasteiger partial charge in [0.1, 0.15) is 10.5 Å². The van der Waals surface area contributed by atoms with E-state index in [1.807, 2.05) is 13.8 Å². The third kappa shape index (κ3) is 5.81. The highest BCUT2D eigenvalue weighted by molar-refractivity contribution is 7.87. The van der Waals surface area contributed by atoms with Crippen LogP contribution in [0.5, 0.6) is 0 Å². The van der Waals surface area contributed by atoms with E-state index in [0.717, 1.165) is 6.42 Å². The van der Waals surface area contributed by atoms with Crippen molar-refractivity contribution in [3.63, 3.8) is 0 Å². The fourth-order valence-electron chi connectivity index (χ4n) is 1.01. The largest absolute Gasteiger partial charge is 0.480 e. The Morgan fingerprint density at radius 3 is 2.12 bits per heavy atom. The van der Waals surface area contributed by atoms with Crippen molar-refractivity contribution < 1.29 is 23.6 Å². The van der Waals surface area contributed by atoms with Crippen LogP contribution >= 0.6 is 0 Å². The predicted octanol–water partition coefficient (Wildman–Crippen LogP) is 1.19. The average Bonchev–Trinajstić information content (AvgIpc) is 2.25. The van der Waals surface area contributed by atoms with Gasteiger partial charge < -0.3 is 9.84 Å². The molecule has 0 rings (SSSR count). The molecule has 0 saturated carbocycles. The number of aliphatic carboxylic acids is 1.